The van der Waals surface area contributed by atoms with Gasteiger partial charge in [-0.15, -0.1) is 11.6 Å². The zero-order valence-electron chi connectivity index (χ0n) is 11.1. The molecule has 3 rings (SSSR count). The molecule has 1 saturated heterocycles. The van der Waals surface area contributed by atoms with Crippen LogP contribution in [0.3, 0.4) is 0 Å². The van der Waals surface area contributed by atoms with Crippen LogP contribution >= 0.6 is 23.4 Å². The topological polar surface area (TPSA) is 30.7 Å². The molecule has 3 heterocycles. The van der Waals surface area contributed by atoms with Crippen molar-refractivity contribution in [2.75, 3.05) is 5.75 Å². The molecule has 0 spiro atoms. The summed E-state index contributed by atoms with van der Waals surface area (Å²) in [6.07, 6.45) is 5.89. The van der Waals surface area contributed by atoms with E-state index in [1.165, 1.54) is 25.0 Å². The maximum Gasteiger partial charge on any atom is 0.160 e. The van der Waals surface area contributed by atoms with Gasteiger partial charge in [0.05, 0.1) is 5.88 Å². The van der Waals surface area contributed by atoms with Crippen molar-refractivity contribution >= 4 is 34.5 Å². The summed E-state index contributed by atoms with van der Waals surface area (Å²) in [5, 5.41) is 0.677. The Labute approximate surface area is 122 Å². The van der Waals surface area contributed by atoms with Gasteiger partial charge in [-0.1, -0.05) is 6.42 Å². The number of rotatable bonds is 3. The highest BCUT2D eigenvalue weighted by molar-refractivity contribution is 7.99. The Morgan fingerprint density at radius 1 is 1.47 bits per heavy atom. The van der Waals surface area contributed by atoms with Crippen molar-refractivity contribution in [3.8, 4) is 0 Å². The molecule has 1 unspecified atom stereocenters. The van der Waals surface area contributed by atoms with Crippen LogP contribution in [-0.2, 0) is 12.4 Å². The summed E-state index contributed by atoms with van der Waals surface area (Å²) in [4.78, 5) is 9.16. The Balaban J connectivity index is 1.95. The van der Waals surface area contributed by atoms with Gasteiger partial charge < -0.3 is 4.57 Å². The molecule has 1 atom stereocenters. The number of alkyl halides is 1. The monoisotopic (exact) mass is 295 g/mol. The highest BCUT2D eigenvalue weighted by Crippen LogP contribution is 2.28. The van der Waals surface area contributed by atoms with Crippen LogP contribution in [-0.4, -0.2) is 25.5 Å². The predicted octanol–water partition coefficient (Wildman–Crippen LogP) is 3.76. The second-order valence-electron chi connectivity index (χ2n) is 5.12. The minimum Gasteiger partial charge on any atom is -0.311 e. The molecule has 3 nitrogen and oxygen atoms in total. The molecule has 0 saturated carbocycles. The van der Waals surface area contributed by atoms with Gasteiger partial charge in [0, 0.05) is 18.0 Å². The lowest BCUT2D eigenvalue weighted by atomic mass is 10.2. The van der Waals surface area contributed by atoms with E-state index in [1.54, 1.807) is 0 Å². The fourth-order valence-electron chi connectivity index (χ4n) is 2.61. The lowest BCUT2D eigenvalue weighted by molar-refractivity contribution is 0.579. The number of halogens is 1. The van der Waals surface area contributed by atoms with Crippen molar-refractivity contribution in [3.63, 3.8) is 0 Å². The highest BCUT2D eigenvalue weighted by atomic mass is 35.5. The average Bonchev–Trinajstić information content (AvgIpc) is 2.77. The normalized spacial score (nSPS) is 20.0. The van der Waals surface area contributed by atoms with Gasteiger partial charge in [0.1, 0.15) is 11.3 Å². The summed E-state index contributed by atoms with van der Waals surface area (Å²) in [5.41, 5.74) is 3.09. The number of fused-ring (bicyclic) bond motifs is 1. The molecule has 0 aromatic carbocycles. The molecule has 2 aromatic rings. The van der Waals surface area contributed by atoms with Crippen LogP contribution in [0.15, 0.2) is 12.3 Å². The molecular weight excluding hydrogens is 278 g/mol. The first-order valence-electron chi connectivity index (χ1n) is 6.77. The Morgan fingerprint density at radius 2 is 2.37 bits per heavy atom. The Bertz CT molecular complexity index is 575. The van der Waals surface area contributed by atoms with E-state index >= 15 is 0 Å². The van der Waals surface area contributed by atoms with Crippen LogP contribution in [0.25, 0.3) is 11.2 Å². The van der Waals surface area contributed by atoms with Gasteiger partial charge in [-0.05, 0) is 37.1 Å². The van der Waals surface area contributed by atoms with Gasteiger partial charge in [0.2, 0.25) is 0 Å². The average molecular weight is 296 g/mol. The first-order valence-corrected chi connectivity index (χ1v) is 8.35. The number of hydrogen-bond acceptors (Lipinski definition) is 3. The molecule has 0 amide bonds. The van der Waals surface area contributed by atoms with Crippen LogP contribution in [0.2, 0.25) is 0 Å². The van der Waals surface area contributed by atoms with Gasteiger partial charge in [-0.25, -0.2) is 9.97 Å². The molecule has 1 aliphatic rings. The minimum atomic E-state index is 0.451. The van der Waals surface area contributed by atoms with Gasteiger partial charge in [0.25, 0.3) is 0 Å². The molecule has 102 valence electrons. The highest BCUT2D eigenvalue weighted by Gasteiger charge is 2.18. The SMILES string of the molecule is Cc1cnc2c(c1)nc(CCl)n2CC1CCCCS1. The second-order valence-corrected chi connectivity index (χ2v) is 6.79. The minimum absolute atomic E-state index is 0.451. The maximum atomic E-state index is 6.04. The third-order valence-corrected chi connectivity index (χ3v) is 5.20. The summed E-state index contributed by atoms with van der Waals surface area (Å²) in [6.45, 7) is 3.03. The quantitative estimate of drug-likeness (QED) is 0.808. The van der Waals surface area contributed by atoms with E-state index in [0.717, 1.165) is 29.1 Å². The van der Waals surface area contributed by atoms with Crippen molar-refractivity contribution in [1.82, 2.24) is 14.5 Å². The molecule has 1 aliphatic heterocycles. The number of nitrogens with zero attached hydrogens (tertiary/aromatic N) is 3. The van der Waals surface area contributed by atoms with Gasteiger partial charge in [-0.3, -0.25) is 0 Å². The molecule has 0 radical (unpaired) electrons. The van der Waals surface area contributed by atoms with E-state index in [4.69, 9.17) is 11.6 Å². The maximum absolute atomic E-state index is 6.04. The molecule has 0 aliphatic carbocycles. The Hall–Kier alpha value is -0.740. The lowest BCUT2D eigenvalue weighted by Gasteiger charge is -2.22. The van der Waals surface area contributed by atoms with Gasteiger partial charge >= 0.3 is 0 Å². The zero-order valence-corrected chi connectivity index (χ0v) is 12.7. The number of imidazole rings is 1. The summed E-state index contributed by atoms with van der Waals surface area (Å²) < 4.78 is 2.21. The molecule has 5 heteroatoms. The van der Waals surface area contributed by atoms with Crippen molar-refractivity contribution < 1.29 is 0 Å². The van der Waals surface area contributed by atoms with Crippen LogP contribution in [0.1, 0.15) is 30.7 Å². The molecule has 2 aromatic heterocycles. The Kier molecular flexibility index (Phi) is 3.99. The number of hydrogen-bond donors (Lipinski definition) is 0. The number of thioether (sulfide) groups is 1. The first-order chi connectivity index (χ1) is 9.28. The third kappa shape index (κ3) is 2.75. The predicted molar refractivity (Wildman–Crippen MR) is 81.9 cm³/mol. The van der Waals surface area contributed by atoms with Crippen LogP contribution in [0.5, 0.6) is 0 Å². The van der Waals surface area contributed by atoms with Gasteiger partial charge in [0.15, 0.2) is 5.65 Å². The summed E-state index contributed by atoms with van der Waals surface area (Å²) in [5.74, 6) is 2.67. The number of aryl methyl sites for hydroxylation is 1. The van der Waals surface area contributed by atoms with E-state index in [0.29, 0.717) is 11.1 Å². The van der Waals surface area contributed by atoms with E-state index in [9.17, 15) is 0 Å². The third-order valence-electron chi connectivity index (χ3n) is 3.58. The van der Waals surface area contributed by atoms with Crippen molar-refractivity contribution in [2.45, 2.75) is 43.9 Å². The number of aromatic nitrogens is 3. The number of pyridine rings is 1. The summed E-state index contributed by atoms with van der Waals surface area (Å²) >= 11 is 8.12. The van der Waals surface area contributed by atoms with Crippen molar-refractivity contribution in [1.29, 1.82) is 0 Å². The first kappa shape index (κ1) is 13.3. The van der Waals surface area contributed by atoms with Gasteiger partial charge in [-0.2, -0.15) is 11.8 Å². The zero-order chi connectivity index (χ0) is 13.2. The van der Waals surface area contributed by atoms with E-state index < -0.39 is 0 Å². The van der Waals surface area contributed by atoms with Crippen LogP contribution < -0.4 is 0 Å². The molecule has 1 fully saturated rings. The fourth-order valence-corrected chi connectivity index (χ4v) is 4.10. The standard InChI is InChI=1S/C14H18ClN3S/c1-10-6-12-14(16-8-10)18(13(7-15)17-12)9-11-4-2-3-5-19-11/h6,8,11H,2-5,7,9H2,1H3. The van der Waals surface area contributed by atoms with Crippen LogP contribution in [0, 0.1) is 6.92 Å². The largest absolute Gasteiger partial charge is 0.311 e. The summed E-state index contributed by atoms with van der Waals surface area (Å²) in [6, 6.07) is 2.09. The van der Waals surface area contributed by atoms with E-state index in [-0.39, 0.29) is 0 Å². The molecule has 19 heavy (non-hydrogen) atoms. The van der Waals surface area contributed by atoms with Crippen molar-refractivity contribution in [2.24, 2.45) is 0 Å². The molecule has 0 N–H and O–H groups in total. The Morgan fingerprint density at radius 3 is 3.11 bits per heavy atom. The summed E-state index contributed by atoms with van der Waals surface area (Å²) in [7, 11) is 0. The molecular formula is C14H18ClN3S. The molecule has 0 bridgehead atoms. The smallest absolute Gasteiger partial charge is 0.160 e. The fraction of sp³-hybridized carbons (Fsp3) is 0.571. The van der Waals surface area contributed by atoms with E-state index in [2.05, 4.69) is 32.4 Å². The van der Waals surface area contributed by atoms with E-state index in [1.807, 2.05) is 13.1 Å². The second kappa shape index (κ2) is 5.71. The van der Waals surface area contributed by atoms with Crippen LogP contribution in [0.4, 0.5) is 0 Å². The lowest BCUT2D eigenvalue weighted by Crippen LogP contribution is -2.18. The van der Waals surface area contributed by atoms with Crippen molar-refractivity contribution in [3.05, 3.63) is 23.7 Å².